The molecule has 1 aromatic rings. The molecule has 0 bridgehead atoms. The van der Waals surface area contributed by atoms with Crippen LogP contribution in [0.3, 0.4) is 0 Å². The molecular weight excluding hydrogens is 429 g/mol. The number of nitrogens with one attached hydrogen (secondary N) is 2. The molecule has 0 radical (unpaired) electrons. The summed E-state index contributed by atoms with van der Waals surface area (Å²) < 4.78 is 11.4. The van der Waals surface area contributed by atoms with Gasteiger partial charge in [-0.3, -0.25) is 4.99 Å². The largest absolute Gasteiger partial charge is 0.494 e. The summed E-state index contributed by atoms with van der Waals surface area (Å²) in [7, 11) is 0. The first-order valence-electron chi connectivity index (χ1n) is 9.03. The summed E-state index contributed by atoms with van der Waals surface area (Å²) in [5.41, 5.74) is 1.16. The zero-order valence-electron chi connectivity index (χ0n) is 15.6. The van der Waals surface area contributed by atoms with Crippen LogP contribution in [0, 0.1) is 0 Å². The maximum absolute atomic E-state index is 5.80. The van der Waals surface area contributed by atoms with Gasteiger partial charge in [0, 0.05) is 19.7 Å². The molecule has 5 nitrogen and oxygen atoms in total. The van der Waals surface area contributed by atoms with E-state index in [2.05, 4.69) is 36.6 Å². The molecule has 1 aliphatic heterocycles. The van der Waals surface area contributed by atoms with Crippen LogP contribution in [0.4, 0.5) is 0 Å². The maximum atomic E-state index is 5.80. The van der Waals surface area contributed by atoms with Crippen molar-refractivity contribution in [1.29, 1.82) is 0 Å². The number of aliphatic imine (C=N–C) groups is 1. The maximum Gasteiger partial charge on any atom is 0.191 e. The third-order valence-electron chi connectivity index (χ3n) is 4.13. The number of guanidine groups is 1. The number of ether oxygens (including phenoxy) is 2. The van der Waals surface area contributed by atoms with Crippen LogP contribution in [0.2, 0.25) is 0 Å². The number of halogens is 1. The molecule has 1 atom stereocenters. The van der Waals surface area contributed by atoms with Crippen molar-refractivity contribution < 1.29 is 9.47 Å². The van der Waals surface area contributed by atoms with Crippen LogP contribution in [-0.2, 0) is 11.2 Å². The van der Waals surface area contributed by atoms with Crippen molar-refractivity contribution >= 4 is 29.9 Å². The minimum atomic E-state index is -0.103. The average Bonchev–Trinajstić information content (AvgIpc) is 3.00. The van der Waals surface area contributed by atoms with Gasteiger partial charge in [-0.15, -0.1) is 24.0 Å². The van der Waals surface area contributed by atoms with Gasteiger partial charge in [0.15, 0.2) is 5.96 Å². The van der Waals surface area contributed by atoms with Crippen LogP contribution in [0.5, 0.6) is 5.75 Å². The summed E-state index contributed by atoms with van der Waals surface area (Å²) in [6.07, 6.45) is 3.14. The molecule has 1 unspecified atom stereocenters. The first kappa shape index (κ1) is 22.0. The van der Waals surface area contributed by atoms with Crippen molar-refractivity contribution in [3.63, 3.8) is 0 Å². The topological polar surface area (TPSA) is 54.9 Å². The van der Waals surface area contributed by atoms with Crippen molar-refractivity contribution in [3.05, 3.63) is 29.8 Å². The predicted molar refractivity (Wildman–Crippen MR) is 114 cm³/mol. The van der Waals surface area contributed by atoms with Crippen molar-refractivity contribution in [2.75, 3.05) is 32.8 Å². The molecule has 142 valence electrons. The number of rotatable bonds is 8. The summed E-state index contributed by atoms with van der Waals surface area (Å²) in [5.74, 6) is 1.79. The Bertz CT molecular complexity index is 531. The molecule has 0 spiro atoms. The predicted octanol–water partition coefficient (Wildman–Crippen LogP) is 3.37. The van der Waals surface area contributed by atoms with Crippen LogP contribution >= 0.6 is 24.0 Å². The van der Waals surface area contributed by atoms with E-state index in [0.29, 0.717) is 13.2 Å². The molecule has 2 N–H and O–H groups in total. The van der Waals surface area contributed by atoms with Crippen LogP contribution in [0.1, 0.15) is 39.2 Å². The average molecular weight is 461 g/mol. The fraction of sp³-hybridized carbons (Fsp3) is 0.632. The second-order valence-electron chi connectivity index (χ2n) is 6.35. The molecular formula is C19H32IN3O2. The Kier molecular flexibility index (Phi) is 10.2. The van der Waals surface area contributed by atoms with Crippen molar-refractivity contribution in [3.8, 4) is 5.75 Å². The van der Waals surface area contributed by atoms with E-state index >= 15 is 0 Å². The van der Waals surface area contributed by atoms with E-state index in [0.717, 1.165) is 50.7 Å². The Balaban J connectivity index is 0.00000312. The van der Waals surface area contributed by atoms with Crippen LogP contribution in [0.15, 0.2) is 29.3 Å². The van der Waals surface area contributed by atoms with Gasteiger partial charge in [0.2, 0.25) is 0 Å². The lowest BCUT2D eigenvalue weighted by Crippen LogP contribution is -2.40. The molecule has 0 aromatic heterocycles. The van der Waals surface area contributed by atoms with E-state index in [1.165, 1.54) is 5.56 Å². The van der Waals surface area contributed by atoms with Gasteiger partial charge in [-0.05, 0) is 57.7 Å². The van der Waals surface area contributed by atoms with Crippen molar-refractivity contribution in [1.82, 2.24) is 10.6 Å². The third-order valence-corrected chi connectivity index (χ3v) is 4.13. The van der Waals surface area contributed by atoms with Crippen LogP contribution in [0.25, 0.3) is 0 Å². The van der Waals surface area contributed by atoms with Gasteiger partial charge in [0.1, 0.15) is 5.75 Å². The lowest BCUT2D eigenvalue weighted by atomic mass is 10.0. The first-order valence-corrected chi connectivity index (χ1v) is 9.03. The molecule has 25 heavy (non-hydrogen) atoms. The second kappa shape index (κ2) is 11.6. The minimum absolute atomic E-state index is 0. The zero-order chi connectivity index (χ0) is 17.3. The van der Waals surface area contributed by atoms with Gasteiger partial charge in [-0.25, -0.2) is 0 Å². The summed E-state index contributed by atoms with van der Waals surface area (Å²) in [6.45, 7) is 10.2. The van der Waals surface area contributed by atoms with Gasteiger partial charge in [0.25, 0.3) is 0 Å². The Morgan fingerprint density at radius 1 is 1.32 bits per heavy atom. The fourth-order valence-electron chi connectivity index (χ4n) is 2.83. The number of hydrogen-bond acceptors (Lipinski definition) is 3. The highest BCUT2D eigenvalue weighted by Gasteiger charge is 2.29. The fourth-order valence-corrected chi connectivity index (χ4v) is 2.83. The molecule has 6 heteroatoms. The lowest BCUT2D eigenvalue weighted by molar-refractivity contribution is 0.0283. The molecule has 1 saturated heterocycles. The van der Waals surface area contributed by atoms with Crippen LogP contribution in [-0.4, -0.2) is 44.4 Å². The Labute approximate surface area is 169 Å². The quantitative estimate of drug-likeness (QED) is 0.354. The summed E-state index contributed by atoms with van der Waals surface area (Å²) in [6, 6.07) is 8.26. The molecule has 0 amide bonds. The molecule has 1 heterocycles. The highest BCUT2D eigenvalue weighted by molar-refractivity contribution is 14.0. The van der Waals surface area contributed by atoms with E-state index < -0.39 is 0 Å². The molecule has 0 saturated carbocycles. The first-order chi connectivity index (χ1) is 11.6. The molecule has 1 aliphatic rings. The van der Waals surface area contributed by atoms with E-state index in [1.54, 1.807) is 0 Å². The number of benzene rings is 1. The molecule has 1 fully saturated rings. The van der Waals surface area contributed by atoms with E-state index in [9.17, 15) is 0 Å². The zero-order valence-corrected chi connectivity index (χ0v) is 18.0. The van der Waals surface area contributed by atoms with Gasteiger partial charge in [0.05, 0.1) is 18.8 Å². The number of hydrogen-bond donors (Lipinski definition) is 2. The standard InChI is InChI=1S/C19H31N3O2.HI/c1-4-20-18(22-15-19(3)11-7-13-24-19)21-12-10-16-8-6-9-17(14-16)23-5-2;/h6,8-9,14H,4-5,7,10-13,15H2,1-3H3,(H2,20,21,22);1H. The SMILES string of the molecule is CCNC(=NCC1(C)CCCO1)NCCc1cccc(OCC)c1.I. The molecule has 2 rings (SSSR count). The van der Waals surface area contributed by atoms with Crippen molar-refractivity contribution in [2.24, 2.45) is 4.99 Å². The third kappa shape index (κ3) is 7.81. The monoisotopic (exact) mass is 461 g/mol. The van der Waals surface area contributed by atoms with Gasteiger partial charge in [-0.1, -0.05) is 12.1 Å². The Morgan fingerprint density at radius 2 is 2.16 bits per heavy atom. The van der Waals surface area contributed by atoms with Gasteiger partial charge >= 0.3 is 0 Å². The summed E-state index contributed by atoms with van der Waals surface area (Å²) >= 11 is 0. The normalized spacial score (nSPS) is 20.0. The van der Waals surface area contributed by atoms with E-state index in [4.69, 9.17) is 14.5 Å². The van der Waals surface area contributed by atoms with Gasteiger partial charge < -0.3 is 20.1 Å². The smallest absolute Gasteiger partial charge is 0.191 e. The summed E-state index contributed by atoms with van der Waals surface area (Å²) in [4.78, 5) is 4.69. The minimum Gasteiger partial charge on any atom is -0.494 e. The Hall–Kier alpha value is -1.02. The Morgan fingerprint density at radius 3 is 2.84 bits per heavy atom. The highest BCUT2D eigenvalue weighted by atomic mass is 127. The van der Waals surface area contributed by atoms with E-state index in [-0.39, 0.29) is 29.6 Å². The van der Waals surface area contributed by atoms with Crippen LogP contribution < -0.4 is 15.4 Å². The second-order valence-corrected chi connectivity index (χ2v) is 6.35. The molecule has 1 aromatic carbocycles. The molecule has 0 aliphatic carbocycles. The summed E-state index contributed by atoms with van der Waals surface area (Å²) in [5, 5.41) is 6.70. The lowest BCUT2D eigenvalue weighted by Gasteiger charge is -2.21. The van der Waals surface area contributed by atoms with Gasteiger partial charge in [-0.2, -0.15) is 0 Å². The highest BCUT2D eigenvalue weighted by Crippen LogP contribution is 2.24. The number of nitrogens with zero attached hydrogens (tertiary/aromatic N) is 1. The van der Waals surface area contributed by atoms with Crippen molar-refractivity contribution in [2.45, 2.75) is 45.6 Å². The van der Waals surface area contributed by atoms with E-state index in [1.807, 2.05) is 19.1 Å².